The highest BCUT2D eigenvalue weighted by molar-refractivity contribution is 5.18. The minimum atomic E-state index is 0.509. The first-order chi connectivity index (χ1) is 15.7. The van der Waals surface area contributed by atoms with E-state index in [1.165, 1.54) is 70.6 Å². The number of hydrogen-bond acceptors (Lipinski definition) is 0. The van der Waals surface area contributed by atoms with Crippen molar-refractivity contribution in [2.24, 2.45) is 74.4 Å². The highest BCUT2D eigenvalue weighted by Gasteiger charge is 2.69. The Hall–Kier alpha value is 0. The van der Waals surface area contributed by atoms with E-state index in [4.69, 9.17) is 0 Å². The maximum atomic E-state index is 2.83. The predicted molar refractivity (Wildman–Crippen MR) is 148 cm³/mol. The lowest BCUT2D eigenvalue weighted by Gasteiger charge is -2.74. The summed E-state index contributed by atoms with van der Waals surface area (Å²) in [5.74, 6) is 7.43. The van der Waals surface area contributed by atoms with Crippen molar-refractivity contribution >= 4 is 0 Å². The Balaban J connectivity index is 1.49. The summed E-state index contributed by atoms with van der Waals surface area (Å²) in [7, 11) is 0. The molecule has 0 amide bonds. The van der Waals surface area contributed by atoms with Gasteiger partial charge in [-0.3, -0.25) is 0 Å². The zero-order valence-corrected chi connectivity index (χ0v) is 24.9. The van der Waals surface area contributed by atoms with Gasteiger partial charge in [0.2, 0.25) is 0 Å². The van der Waals surface area contributed by atoms with Gasteiger partial charge in [-0.05, 0) is 145 Å². The van der Waals surface area contributed by atoms with Crippen LogP contribution in [0.2, 0.25) is 0 Å². The number of fused-ring (bicyclic) bond motifs is 7. The van der Waals surface area contributed by atoms with Crippen molar-refractivity contribution in [1.82, 2.24) is 0 Å². The third-order valence-corrected chi connectivity index (χ3v) is 15.0. The second kappa shape index (κ2) is 8.00. The van der Waals surface area contributed by atoms with Gasteiger partial charge in [0.05, 0.1) is 0 Å². The van der Waals surface area contributed by atoms with Crippen molar-refractivity contribution in [3.63, 3.8) is 0 Å². The molecule has 0 heterocycles. The van der Waals surface area contributed by atoms with Gasteiger partial charge < -0.3 is 0 Å². The van der Waals surface area contributed by atoms with E-state index in [2.05, 4.69) is 69.2 Å². The molecule has 0 saturated heterocycles. The molecule has 5 saturated carbocycles. The molecule has 34 heavy (non-hydrogen) atoms. The van der Waals surface area contributed by atoms with Crippen LogP contribution in [-0.2, 0) is 0 Å². The van der Waals surface area contributed by atoms with Crippen LogP contribution in [0.1, 0.15) is 140 Å². The number of rotatable bonds is 2. The fraction of sp³-hybridized carbons (Fsp3) is 1.00. The van der Waals surface area contributed by atoms with E-state index in [9.17, 15) is 0 Å². The molecule has 0 bridgehead atoms. The van der Waals surface area contributed by atoms with E-state index in [-0.39, 0.29) is 0 Å². The zero-order valence-electron chi connectivity index (χ0n) is 24.9. The Morgan fingerprint density at radius 3 is 2.06 bits per heavy atom. The van der Waals surface area contributed by atoms with Gasteiger partial charge in [-0.25, -0.2) is 0 Å². The van der Waals surface area contributed by atoms with E-state index in [1.54, 1.807) is 0 Å². The topological polar surface area (TPSA) is 0 Å². The molecule has 5 aliphatic carbocycles. The van der Waals surface area contributed by atoms with Crippen LogP contribution in [0.5, 0.6) is 0 Å². The monoisotopic (exact) mass is 468 g/mol. The highest BCUT2D eigenvalue weighted by atomic mass is 14.7. The Kier molecular flexibility index (Phi) is 6.03. The molecule has 0 aliphatic heterocycles. The summed E-state index contributed by atoms with van der Waals surface area (Å²) >= 11 is 0. The van der Waals surface area contributed by atoms with Gasteiger partial charge >= 0.3 is 0 Å². The quantitative estimate of drug-likeness (QED) is 0.378. The first-order valence-electron chi connectivity index (χ1n) is 15.7. The standard InChI is InChI=1S/C34H60/c1-22(2)21-25-14-17-32(8)27(30(25,5)6)15-18-34(10)28(32)12-11-26-29-24(4)23(3)13-16-31(29,7)19-20-33(26,34)9/h22-29H,11-21H2,1-10H3. The van der Waals surface area contributed by atoms with Crippen molar-refractivity contribution in [2.45, 2.75) is 140 Å². The van der Waals surface area contributed by atoms with Crippen LogP contribution in [0.4, 0.5) is 0 Å². The molecule has 5 aliphatic rings. The first-order valence-corrected chi connectivity index (χ1v) is 15.7. The lowest BCUT2D eigenvalue weighted by molar-refractivity contribution is -0.252. The molecule has 0 aromatic heterocycles. The maximum absolute atomic E-state index is 2.83. The molecule has 0 radical (unpaired) electrons. The molecule has 0 nitrogen and oxygen atoms in total. The summed E-state index contributed by atoms with van der Waals surface area (Å²) in [4.78, 5) is 0. The molecule has 0 spiro atoms. The van der Waals surface area contributed by atoms with Crippen molar-refractivity contribution in [1.29, 1.82) is 0 Å². The fourth-order valence-electron chi connectivity index (χ4n) is 12.8. The highest BCUT2D eigenvalue weighted by Crippen LogP contribution is 2.77. The van der Waals surface area contributed by atoms with Crippen LogP contribution < -0.4 is 0 Å². The normalized spacial score (nSPS) is 56.7. The fourth-order valence-corrected chi connectivity index (χ4v) is 12.8. The lowest BCUT2D eigenvalue weighted by atomic mass is 9.31. The molecule has 5 rings (SSSR count). The first kappa shape index (κ1) is 25.6. The van der Waals surface area contributed by atoms with Crippen molar-refractivity contribution in [3.05, 3.63) is 0 Å². The van der Waals surface area contributed by atoms with Crippen molar-refractivity contribution in [2.75, 3.05) is 0 Å². The Morgan fingerprint density at radius 1 is 0.676 bits per heavy atom. The zero-order chi connectivity index (χ0) is 24.9. The van der Waals surface area contributed by atoms with Crippen LogP contribution in [0, 0.1) is 74.4 Å². The van der Waals surface area contributed by atoms with E-state index >= 15 is 0 Å². The lowest BCUT2D eigenvalue weighted by Crippen LogP contribution is -2.67. The van der Waals surface area contributed by atoms with Crippen LogP contribution >= 0.6 is 0 Å². The summed E-state index contributed by atoms with van der Waals surface area (Å²) in [5, 5.41) is 0. The average molecular weight is 469 g/mol. The molecule has 196 valence electrons. The smallest absolute Gasteiger partial charge is 0.0235 e. The number of hydrogen-bond donors (Lipinski definition) is 0. The summed E-state index contributed by atoms with van der Waals surface area (Å²) in [6.45, 7) is 26.7. The van der Waals surface area contributed by atoms with E-state index < -0.39 is 0 Å². The van der Waals surface area contributed by atoms with Gasteiger partial charge in [-0.2, -0.15) is 0 Å². The second-order valence-electron chi connectivity index (χ2n) is 16.9. The molecular weight excluding hydrogens is 408 g/mol. The third-order valence-electron chi connectivity index (χ3n) is 15.0. The third kappa shape index (κ3) is 3.27. The summed E-state index contributed by atoms with van der Waals surface area (Å²) in [5.41, 5.74) is 2.79. The Labute approximate surface area is 214 Å². The van der Waals surface area contributed by atoms with E-state index in [1.807, 2.05) is 0 Å². The van der Waals surface area contributed by atoms with E-state index in [0.717, 1.165) is 47.3 Å². The molecule has 0 heteroatoms. The minimum absolute atomic E-state index is 0.509. The second-order valence-corrected chi connectivity index (χ2v) is 16.9. The predicted octanol–water partition coefficient (Wildman–Crippen LogP) is 10.4. The summed E-state index contributed by atoms with van der Waals surface area (Å²) in [6.07, 6.45) is 16.5. The van der Waals surface area contributed by atoms with Gasteiger partial charge in [0.25, 0.3) is 0 Å². The molecule has 11 unspecified atom stereocenters. The largest absolute Gasteiger partial charge is 0.0628 e. The Morgan fingerprint density at radius 2 is 1.38 bits per heavy atom. The van der Waals surface area contributed by atoms with Gasteiger partial charge in [-0.1, -0.05) is 69.2 Å². The molecule has 5 fully saturated rings. The SMILES string of the molecule is CC(C)CC1CCC2(C)C(CCC3(C)C2CCC2C4C(C)C(C)CCC4(C)CCC23C)C1(C)C. The molecular formula is C34H60. The summed E-state index contributed by atoms with van der Waals surface area (Å²) in [6, 6.07) is 0. The van der Waals surface area contributed by atoms with Crippen molar-refractivity contribution < 1.29 is 0 Å². The minimum Gasteiger partial charge on any atom is -0.0628 e. The average Bonchev–Trinajstić information content (AvgIpc) is 2.74. The van der Waals surface area contributed by atoms with E-state index in [0.29, 0.717) is 27.1 Å². The molecule has 0 aromatic carbocycles. The molecule has 11 atom stereocenters. The van der Waals surface area contributed by atoms with Crippen LogP contribution in [0.25, 0.3) is 0 Å². The van der Waals surface area contributed by atoms with Crippen molar-refractivity contribution in [3.8, 4) is 0 Å². The molecule has 0 aromatic rings. The molecule has 0 N–H and O–H groups in total. The van der Waals surface area contributed by atoms with Gasteiger partial charge in [0, 0.05) is 0 Å². The van der Waals surface area contributed by atoms with Crippen LogP contribution in [-0.4, -0.2) is 0 Å². The maximum Gasteiger partial charge on any atom is -0.0235 e. The van der Waals surface area contributed by atoms with Gasteiger partial charge in [-0.15, -0.1) is 0 Å². The van der Waals surface area contributed by atoms with Crippen LogP contribution in [0.15, 0.2) is 0 Å². The van der Waals surface area contributed by atoms with Gasteiger partial charge in [0.1, 0.15) is 0 Å². The summed E-state index contributed by atoms with van der Waals surface area (Å²) < 4.78 is 0. The Bertz CT molecular complexity index is 777. The van der Waals surface area contributed by atoms with Crippen LogP contribution in [0.3, 0.4) is 0 Å². The van der Waals surface area contributed by atoms with Gasteiger partial charge in [0.15, 0.2) is 0 Å².